The van der Waals surface area contributed by atoms with E-state index in [0.29, 0.717) is 39.4 Å². The van der Waals surface area contributed by atoms with Gasteiger partial charge in [-0.1, -0.05) is 52.3 Å². The third kappa shape index (κ3) is 4.34. The molecule has 0 bridgehead atoms. The third-order valence-electron chi connectivity index (χ3n) is 6.53. The van der Waals surface area contributed by atoms with Gasteiger partial charge in [0.2, 0.25) is 0 Å². The summed E-state index contributed by atoms with van der Waals surface area (Å²) in [6, 6.07) is 19.2. The number of halogens is 1. The third-order valence-corrected chi connectivity index (χ3v) is 7.03. The smallest absolute Gasteiger partial charge is 0.336 e. The number of nitrogens with one attached hydrogen (secondary N) is 1. The van der Waals surface area contributed by atoms with Crippen LogP contribution in [-0.4, -0.2) is 29.9 Å². The van der Waals surface area contributed by atoms with Crippen LogP contribution in [0.1, 0.15) is 50.2 Å². The molecular weight excluding hydrogens is 538 g/mol. The number of benzene rings is 3. The summed E-state index contributed by atoms with van der Waals surface area (Å²) in [6.45, 7) is 1.95. The van der Waals surface area contributed by atoms with Gasteiger partial charge in [0.1, 0.15) is 12.4 Å². The normalized spacial score (nSPS) is 16.2. The van der Waals surface area contributed by atoms with Crippen LogP contribution in [-0.2, 0) is 16.1 Å². The molecule has 0 unspecified atom stereocenters. The number of fused-ring (bicyclic) bond motifs is 2. The molecule has 2 aliphatic rings. The number of carbonyl (C=O) groups excluding carboxylic acids is 2. The van der Waals surface area contributed by atoms with E-state index in [-0.39, 0.29) is 18.0 Å². The first kappa shape index (κ1) is 24.5. The summed E-state index contributed by atoms with van der Waals surface area (Å²) in [5.41, 5.74) is 5.00. The highest BCUT2D eigenvalue weighted by atomic mass is 79.9. The maximum atomic E-state index is 13.7. The molecule has 0 radical (unpaired) electrons. The zero-order chi connectivity index (χ0) is 26.3. The summed E-state index contributed by atoms with van der Waals surface area (Å²) in [5, 5.41) is 12.4. The van der Waals surface area contributed by atoms with Crippen LogP contribution in [0.15, 0.2) is 88.0 Å². The fraction of sp³-hybridized carbons (Fsp3) is 0.138. The van der Waals surface area contributed by atoms with Crippen LogP contribution in [0.2, 0.25) is 0 Å². The minimum Gasteiger partial charge on any atom is -0.489 e. The Morgan fingerprint density at radius 2 is 1.73 bits per heavy atom. The molecule has 0 amide bonds. The second-order valence-electron chi connectivity index (χ2n) is 8.72. The van der Waals surface area contributed by atoms with Crippen molar-refractivity contribution in [2.24, 2.45) is 0 Å². The summed E-state index contributed by atoms with van der Waals surface area (Å²) in [6.07, 6.45) is 0. The molecule has 1 aliphatic heterocycles. The highest BCUT2D eigenvalue weighted by Crippen LogP contribution is 2.49. The Labute approximate surface area is 221 Å². The average molecular weight is 560 g/mol. The highest BCUT2D eigenvalue weighted by molar-refractivity contribution is 9.10. The van der Waals surface area contributed by atoms with Crippen LogP contribution >= 0.6 is 15.9 Å². The number of dihydropyridines is 1. The lowest BCUT2D eigenvalue weighted by molar-refractivity contribution is -0.136. The van der Waals surface area contributed by atoms with Gasteiger partial charge in [0.05, 0.1) is 29.9 Å². The molecule has 1 heterocycles. The molecule has 3 aromatic rings. The first-order chi connectivity index (χ1) is 17.8. The molecule has 0 fully saturated rings. The Balaban J connectivity index is 1.60. The fourth-order valence-corrected chi connectivity index (χ4v) is 5.18. The van der Waals surface area contributed by atoms with Crippen molar-refractivity contribution in [3.63, 3.8) is 0 Å². The summed E-state index contributed by atoms with van der Waals surface area (Å²) in [7, 11) is 1.31. The van der Waals surface area contributed by atoms with Gasteiger partial charge in [-0.15, -0.1) is 0 Å². The second kappa shape index (κ2) is 9.71. The van der Waals surface area contributed by atoms with E-state index in [1.807, 2.05) is 30.3 Å². The van der Waals surface area contributed by atoms with Crippen molar-refractivity contribution in [3.05, 3.63) is 116 Å². The predicted molar refractivity (Wildman–Crippen MR) is 140 cm³/mol. The molecular formula is C29H22BrNO6. The van der Waals surface area contributed by atoms with Gasteiger partial charge in [0.15, 0.2) is 5.78 Å². The van der Waals surface area contributed by atoms with Gasteiger partial charge < -0.3 is 19.9 Å². The van der Waals surface area contributed by atoms with Crippen LogP contribution in [0.5, 0.6) is 5.75 Å². The summed E-state index contributed by atoms with van der Waals surface area (Å²) < 4.78 is 12.1. The van der Waals surface area contributed by atoms with E-state index in [9.17, 15) is 14.4 Å². The van der Waals surface area contributed by atoms with Gasteiger partial charge in [-0.05, 0) is 42.8 Å². The van der Waals surface area contributed by atoms with Gasteiger partial charge in [-0.25, -0.2) is 9.59 Å². The summed E-state index contributed by atoms with van der Waals surface area (Å²) >= 11 is 3.53. The monoisotopic (exact) mass is 559 g/mol. The minimum absolute atomic E-state index is 0.160. The molecule has 7 nitrogen and oxygen atoms in total. The lowest BCUT2D eigenvalue weighted by Gasteiger charge is -2.30. The van der Waals surface area contributed by atoms with Crippen LogP contribution in [0.25, 0.3) is 5.70 Å². The van der Waals surface area contributed by atoms with Crippen molar-refractivity contribution in [2.75, 3.05) is 7.11 Å². The molecule has 0 saturated heterocycles. The van der Waals surface area contributed by atoms with Crippen molar-refractivity contribution >= 4 is 39.3 Å². The van der Waals surface area contributed by atoms with Crippen molar-refractivity contribution < 1.29 is 29.0 Å². The Bertz CT molecular complexity index is 1520. The number of aromatic carboxylic acids is 1. The van der Waals surface area contributed by atoms with Gasteiger partial charge in [0, 0.05) is 32.4 Å². The number of rotatable bonds is 6. The van der Waals surface area contributed by atoms with Gasteiger partial charge >= 0.3 is 11.9 Å². The molecule has 1 atom stereocenters. The maximum Gasteiger partial charge on any atom is 0.336 e. The van der Waals surface area contributed by atoms with Crippen molar-refractivity contribution in [1.82, 2.24) is 5.32 Å². The number of Topliss-reactive ketones (excluding diaryl/α,β-unsaturated/α-hetero) is 1. The molecule has 1 aliphatic carbocycles. The number of ether oxygens (including phenoxy) is 2. The first-order valence-corrected chi connectivity index (χ1v) is 12.3. The van der Waals surface area contributed by atoms with E-state index in [0.717, 1.165) is 15.6 Å². The van der Waals surface area contributed by atoms with Crippen LogP contribution in [0, 0.1) is 0 Å². The molecule has 0 spiro atoms. The molecule has 2 N–H and O–H groups in total. The molecule has 5 rings (SSSR count). The number of hydrogen-bond donors (Lipinski definition) is 2. The number of methoxy groups -OCH3 is 1. The van der Waals surface area contributed by atoms with Crippen molar-refractivity contribution in [2.45, 2.75) is 19.4 Å². The molecule has 0 aromatic heterocycles. The maximum absolute atomic E-state index is 13.7. The van der Waals surface area contributed by atoms with Crippen molar-refractivity contribution in [1.29, 1.82) is 0 Å². The van der Waals surface area contributed by atoms with E-state index in [4.69, 9.17) is 14.6 Å². The van der Waals surface area contributed by atoms with Crippen molar-refractivity contribution in [3.8, 4) is 5.75 Å². The minimum atomic E-state index is -1.00. The zero-order valence-electron chi connectivity index (χ0n) is 20.0. The number of esters is 1. The van der Waals surface area contributed by atoms with E-state index in [1.54, 1.807) is 31.2 Å². The van der Waals surface area contributed by atoms with Gasteiger partial charge in [0.25, 0.3) is 0 Å². The molecule has 186 valence electrons. The van der Waals surface area contributed by atoms with E-state index < -0.39 is 17.9 Å². The first-order valence-electron chi connectivity index (χ1n) is 11.5. The number of carboxylic acids is 1. The van der Waals surface area contributed by atoms with E-state index in [2.05, 4.69) is 21.2 Å². The topological polar surface area (TPSA) is 102 Å². The van der Waals surface area contributed by atoms with Crippen LogP contribution in [0.3, 0.4) is 0 Å². The number of allylic oxidation sites excluding steroid dienone is 2. The zero-order valence-corrected chi connectivity index (χ0v) is 21.6. The fourth-order valence-electron chi connectivity index (χ4n) is 4.80. The van der Waals surface area contributed by atoms with Crippen LogP contribution in [0.4, 0.5) is 0 Å². The number of carbonyl (C=O) groups is 3. The van der Waals surface area contributed by atoms with E-state index >= 15 is 0 Å². The Hall–Kier alpha value is -4.17. The Morgan fingerprint density at radius 3 is 2.41 bits per heavy atom. The summed E-state index contributed by atoms with van der Waals surface area (Å²) in [4.78, 5) is 37.9. The lowest BCUT2D eigenvalue weighted by Crippen LogP contribution is -2.29. The van der Waals surface area contributed by atoms with Gasteiger partial charge in [-0.3, -0.25) is 4.79 Å². The van der Waals surface area contributed by atoms with Crippen LogP contribution < -0.4 is 10.1 Å². The van der Waals surface area contributed by atoms with Gasteiger partial charge in [-0.2, -0.15) is 0 Å². The summed E-state index contributed by atoms with van der Waals surface area (Å²) in [5.74, 6) is -1.95. The molecule has 0 saturated carbocycles. The standard InChI is InChI=1S/C29H22BrNO6/c1-15-23(29(35)36-2)24(25-26(31-15)19-5-3-4-6-20(19)27(25)32)21-13-18(30)11-12-22(21)37-14-16-7-9-17(10-8-16)28(33)34/h3-13,24,31H,14H2,1-2H3,(H,33,34)/t24-/m1/s1. The number of hydrogen-bond acceptors (Lipinski definition) is 6. The molecule has 37 heavy (non-hydrogen) atoms. The highest BCUT2D eigenvalue weighted by Gasteiger charge is 2.43. The lowest BCUT2D eigenvalue weighted by atomic mass is 9.79. The number of carboxylic acid groups (broad SMARTS) is 1. The SMILES string of the molecule is COC(=O)C1=C(C)NC2=C(C(=O)c3ccccc32)[C@@H]1c1cc(Br)ccc1OCc1ccc(C(=O)O)cc1. The number of ketones is 1. The molecule has 3 aromatic carbocycles. The Kier molecular flexibility index (Phi) is 6.43. The predicted octanol–water partition coefficient (Wildman–Crippen LogP) is 5.47. The second-order valence-corrected chi connectivity index (χ2v) is 9.64. The average Bonchev–Trinajstić information content (AvgIpc) is 3.18. The largest absolute Gasteiger partial charge is 0.489 e. The Morgan fingerprint density at radius 1 is 1.03 bits per heavy atom. The quantitative estimate of drug-likeness (QED) is 0.386. The van der Waals surface area contributed by atoms with E-state index in [1.165, 1.54) is 19.2 Å². The molecule has 8 heteroatoms.